The average molecular weight is 285 g/mol. The number of nitrogens with zero attached hydrogens (tertiary/aromatic N) is 3. The fourth-order valence-electron chi connectivity index (χ4n) is 2.62. The third-order valence-electron chi connectivity index (χ3n) is 3.35. The molecule has 3 heterocycles. The summed E-state index contributed by atoms with van der Waals surface area (Å²) in [6.45, 7) is 3.82. The normalized spacial score (nSPS) is 28.9. The number of ether oxygens (including phenoxy) is 2. The zero-order valence-electron chi connectivity index (χ0n) is 11.0. The van der Waals surface area contributed by atoms with Gasteiger partial charge in [0.2, 0.25) is 11.2 Å². The van der Waals surface area contributed by atoms with Crippen molar-refractivity contribution in [2.45, 2.75) is 57.5 Å². The highest BCUT2D eigenvalue weighted by molar-refractivity contribution is 6.28. The van der Waals surface area contributed by atoms with Crippen LogP contribution in [0, 0.1) is 0 Å². The molecular formula is C12H17ClN4O2. The van der Waals surface area contributed by atoms with E-state index in [1.165, 1.54) is 0 Å². The first-order valence-electron chi connectivity index (χ1n) is 6.60. The Labute approximate surface area is 116 Å². The summed E-state index contributed by atoms with van der Waals surface area (Å²) < 4.78 is 11.2. The molecule has 1 aromatic rings. The van der Waals surface area contributed by atoms with Crippen molar-refractivity contribution in [1.82, 2.24) is 15.0 Å². The van der Waals surface area contributed by atoms with E-state index in [0.717, 1.165) is 19.3 Å². The maximum atomic E-state index is 5.88. The van der Waals surface area contributed by atoms with Gasteiger partial charge in [-0.25, -0.2) is 0 Å². The first kappa shape index (κ1) is 12.9. The molecule has 3 atom stereocenters. The third kappa shape index (κ3) is 2.90. The smallest absolute Gasteiger partial charge is 0.322 e. The molecule has 19 heavy (non-hydrogen) atoms. The molecule has 1 N–H and O–H groups in total. The molecule has 2 aliphatic rings. The summed E-state index contributed by atoms with van der Waals surface area (Å²) in [5.41, 5.74) is 0. The third-order valence-corrected chi connectivity index (χ3v) is 3.52. The molecule has 2 fully saturated rings. The Kier molecular flexibility index (Phi) is 3.45. The van der Waals surface area contributed by atoms with Crippen LogP contribution < -0.4 is 10.1 Å². The van der Waals surface area contributed by atoms with E-state index >= 15 is 0 Å². The summed E-state index contributed by atoms with van der Waals surface area (Å²) >= 11 is 5.88. The van der Waals surface area contributed by atoms with E-state index in [1.807, 2.05) is 13.8 Å². The van der Waals surface area contributed by atoms with Crippen molar-refractivity contribution in [1.29, 1.82) is 0 Å². The molecule has 0 saturated carbocycles. The van der Waals surface area contributed by atoms with E-state index in [4.69, 9.17) is 21.1 Å². The van der Waals surface area contributed by atoms with Gasteiger partial charge in [0.05, 0.1) is 24.4 Å². The Hall–Kier alpha value is -1.14. The number of nitrogens with one attached hydrogen (secondary N) is 1. The molecule has 3 rings (SSSR count). The first-order valence-corrected chi connectivity index (χ1v) is 6.98. The monoisotopic (exact) mass is 284 g/mol. The van der Waals surface area contributed by atoms with Crippen LogP contribution in [0.25, 0.3) is 0 Å². The average Bonchev–Trinajstić information content (AvgIpc) is 2.88. The van der Waals surface area contributed by atoms with Crippen molar-refractivity contribution in [3.8, 4) is 6.01 Å². The van der Waals surface area contributed by atoms with Crippen molar-refractivity contribution in [3.05, 3.63) is 5.28 Å². The number of fused-ring (bicyclic) bond motifs is 2. The van der Waals surface area contributed by atoms with Crippen molar-refractivity contribution in [2.75, 3.05) is 5.32 Å². The Bertz CT molecular complexity index is 471. The number of halogens is 1. The lowest BCUT2D eigenvalue weighted by atomic mass is 9.96. The molecule has 0 aromatic carbocycles. The first-order chi connectivity index (χ1) is 9.10. The summed E-state index contributed by atoms with van der Waals surface area (Å²) in [7, 11) is 0. The summed E-state index contributed by atoms with van der Waals surface area (Å²) in [5.74, 6) is 0.455. The molecule has 7 heteroatoms. The van der Waals surface area contributed by atoms with Crippen molar-refractivity contribution in [3.63, 3.8) is 0 Å². The predicted octanol–water partition coefficient (Wildman–Crippen LogP) is 2.04. The van der Waals surface area contributed by atoms with Gasteiger partial charge < -0.3 is 14.8 Å². The maximum absolute atomic E-state index is 5.88. The molecule has 0 aliphatic carbocycles. The molecule has 2 aliphatic heterocycles. The summed E-state index contributed by atoms with van der Waals surface area (Å²) in [6, 6.07) is 0.505. The van der Waals surface area contributed by atoms with E-state index in [2.05, 4.69) is 20.3 Å². The van der Waals surface area contributed by atoms with E-state index in [0.29, 0.717) is 12.1 Å². The molecule has 6 nitrogen and oxygen atoms in total. The second-order valence-corrected chi connectivity index (χ2v) is 5.58. The second-order valence-electron chi connectivity index (χ2n) is 5.24. The van der Waals surface area contributed by atoms with Crippen LogP contribution in [-0.2, 0) is 4.74 Å². The highest BCUT2D eigenvalue weighted by atomic mass is 35.5. The Morgan fingerprint density at radius 2 is 2.16 bits per heavy atom. The van der Waals surface area contributed by atoms with E-state index in [9.17, 15) is 0 Å². The van der Waals surface area contributed by atoms with Crippen molar-refractivity contribution < 1.29 is 9.47 Å². The van der Waals surface area contributed by atoms with Gasteiger partial charge in [-0.15, -0.1) is 0 Å². The lowest BCUT2D eigenvalue weighted by Gasteiger charge is -2.20. The zero-order chi connectivity index (χ0) is 13.4. The van der Waals surface area contributed by atoms with Gasteiger partial charge in [0.25, 0.3) is 0 Å². The highest BCUT2D eigenvalue weighted by Crippen LogP contribution is 2.35. The fourth-order valence-corrected chi connectivity index (χ4v) is 2.77. The molecule has 0 amide bonds. The van der Waals surface area contributed by atoms with Gasteiger partial charge in [-0.05, 0) is 44.7 Å². The minimum atomic E-state index is -0.00265. The number of rotatable bonds is 4. The molecule has 3 unspecified atom stereocenters. The van der Waals surface area contributed by atoms with Crippen LogP contribution in [0.4, 0.5) is 5.95 Å². The molecule has 0 radical (unpaired) electrons. The number of aromatic nitrogens is 3. The summed E-state index contributed by atoms with van der Waals surface area (Å²) in [5, 5.41) is 3.41. The van der Waals surface area contributed by atoms with Crippen LogP contribution in [0.3, 0.4) is 0 Å². The van der Waals surface area contributed by atoms with Gasteiger partial charge in [0.1, 0.15) is 0 Å². The second kappa shape index (κ2) is 5.09. The van der Waals surface area contributed by atoms with Gasteiger partial charge in [-0.3, -0.25) is 0 Å². The molecule has 0 spiro atoms. The van der Waals surface area contributed by atoms with Crippen LogP contribution in [0.1, 0.15) is 33.1 Å². The quantitative estimate of drug-likeness (QED) is 0.912. The van der Waals surface area contributed by atoms with Crippen LogP contribution in [0.5, 0.6) is 6.01 Å². The standard InChI is InChI=1S/C12H17ClN4O2/c1-6(2)18-12-16-10(13)15-11(17-12)14-8-5-7-3-4-9(8)19-7/h6-9H,3-5H2,1-2H3,(H,14,15,16,17). The number of anilines is 1. The van der Waals surface area contributed by atoms with Crippen LogP contribution in [0.15, 0.2) is 0 Å². The Morgan fingerprint density at radius 1 is 1.32 bits per heavy atom. The zero-order valence-corrected chi connectivity index (χ0v) is 11.7. The van der Waals surface area contributed by atoms with Crippen LogP contribution in [0.2, 0.25) is 5.28 Å². The SMILES string of the molecule is CC(C)Oc1nc(Cl)nc(NC2CC3CCC2O3)n1. The minimum Gasteiger partial charge on any atom is -0.461 e. The van der Waals surface area contributed by atoms with E-state index in [1.54, 1.807) is 0 Å². The highest BCUT2D eigenvalue weighted by Gasteiger charge is 2.41. The summed E-state index contributed by atoms with van der Waals surface area (Å²) in [6.07, 6.45) is 3.88. The van der Waals surface area contributed by atoms with Crippen molar-refractivity contribution >= 4 is 17.5 Å². The largest absolute Gasteiger partial charge is 0.461 e. The molecule has 2 saturated heterocycles. The Morgan fingerprint density at radius 3 is 2.79 bits per heavy atom. The molecule has 2 bridgehead atoms. The van der Waals surface area contributed by atoms with Gasteiger partial charge in [-0.2, -0.15) is 15.0 Å². The van der Waals surface area contributed by atoms with Crippen molar-refractivity contribution in [2.24, 2.45) is 0 Å². The predicted molar refractivity (Wildman–Crippen MR) is 70.5 cm³/mol. The van der Waals surface area contributed by atoms with E-state index < -0.39 is 0 Å². The number of hydrogen-bond donors (Lipinski definition) is 1. The molecular weight excluding hydrogens is 268 g/mol. The summed E-state index contributed by atoms with van der Waals surface area (Å²) in [4.78, 5) is 12.3. The minimum absolute atomic E-state index is 0.00265. The van der Waals surface area contributed by atoms with Gasteiger partial charge >= 0.3 is 6.01 Å². The van der Waals surface area contributed by atoms with Gasteiger partial charge in [0.15, 0.2) is 0 Å². The number of hydrogen-bond acceptors (Lipinski definition) is 6. The van der Waals surface area contributed by atoms with Gasteiger partial charge in [0, 0.05) is 0 Å². The Balaban J connectivity index is 1.71. The topological polar surface area (TPSA) is 69.2 Å². The van der Waals surface area contributed by atoms with Gasteiger partial charge in [-0.1, -0.05) is 0 Å². The molecule has 1 aromatic heterocycles. The lowest BCUT2D eigenvalue weighted by molar-refractivity contribution is 0.102. The lowest BCUT2D eigenvalue weighted by Crippen LogP contribution is -2.31. The molecule has 104 valence electrons. The fraction of sp³-hybridized carbons (Fsp3) is 0.750. The van der Waals surface area contributed by atoms with Crippen LogP contribution >= 0.6 is 11.6 Å². The van der Waals surface area contributed by atoms with Crippen LogP contribution in [-0.4, -0.2) is 39.3 Å². The van der Waals surface area contributed by atoms with E-state index in [-0.39, 0.29) is 29.5 Å². The maximum Gasteiger partial charge on any atom is 0.322 e.